The summed E-state index contributed by atoms with van der Waals surface area (Å²) in [5.41, 5.74) is 3.90. The SMILES string of the molecule is Cc1ccc2sc3nnc(C)n3c2c1C. The van der Waals surface area contributed by atoms with Crippen LogP contribution in [0.1, 0.15) is 17.0 Å². The molecule has 1 aromatic carbocycles. The summed E-state index contributed by atoms with van der Waals surface area (Å²) in [6.07, 6.45) is 0. The van der Waals surface area contributed by atoms with Crippen LogP contribution in [0.2, 0.25) is 0 Å². The number of aryl methyl sites for hydroxylation is 3. The molecular weight excluding hydrogens is 206 g/mol. The lowest BCUT2D eigenvalue weighted by Gasteiger charge is -2.01. The molecule has 0 aliphatic rings. The zero-order chi connectivity index (χ0) is 10.6. The summed E-state index contributed by atoms with van der Waals surface area (Å²) in [4.78, 5) is 0.983. The molecule has 2 aromatic heterocycles. The van der Waals surface area contributed by atoms with Crippen molar-refractivity contribution in [2.24, 2.45) is 0 Å². The van der Waals surface area contributed by atoms with E-state index in [1.807, 2.05) is 6.92 Å². The third-order valence-electron chi connectivity index (χ3n) is 2.88. The molecular formula is C11H11N3S. The largest absolute Gasteiger partial charge is 0.269 e. The van der Waals surface area contributed by atoms with Gasteiger partial charge >= 0.3 is 0 Å². The van der Waals surface area contributed by atoms with E-state index in [1.54, 1.807) is 11.3 Å². The Balaban J connectivity index is 2.65. The number of rotatable bonds is 0. The maximum absolute atomic E-state index is 4.16. The molecule has 76 valence electrons. The summed E-state index contributed by atoms with van der Waals surface area (Å²) in [6.45, 7) is 6.29. The van der Waals surface area contributed by atoms with Crippen molar-refractivity contribution in [3.05, 3.63) is 29.1 Å². The fraction of sp³-hybridized carbons (Fsp3) is 0.273. The highest BCUT2D eigenvalue weighted by Gasteiger charge is 2.11. The smallest absolute Gasteiger partial charge is 0.217 e. The van der Waals surface area contributed by atoms with Gasteiger partial charge in [0.15, 0.2) is 0 Å². The van der Waals surface area contributed by atoms with Crippen LogP contribution in [-0.4, -0.2) is 14.6 Å². The number of hydrogen-bond donors (Lipinski definition) is 0. The van der Waals surface area contributed by atoms with E-state index >= 15 is 0 Å². The van der Waals surface area contributed by atoms with E-state index in [9.17, 15) is 0 Å². The fourth-order valence-corrected chi connectivity index (χ4v) is 2.97. The van der Waals surface area contributed by atoms with Crippen molar-refractivity contribution in [3.63, 3.8) is 0 Å². The molecule has 0 bridgehead atoms. The monoisotopic (exact) mass is 217 g/mol. The fourth-order valence-electron chi connectivity index (χ4n) is 1.90. The predicted octanol–water partition coefficient (Wildman–Crippen LogP) is 2.87. The number of hydrogen-bond acceptors (Lipinski definition) is 3. The van der Waals surface area contributed by atoms with Crippen LogP contribution in [-0.2, 0) is 0 Å². The van der Waals surface area contributed by atoms with Gasteiger partial charge in [-0.15, -0.1) is 10.2 Å². The van der Waals surface area contributed by atoms with Crippen molar-refractivity contribution >= 4 is 26.5 Å². The molecule has 3 nitrogen and oxygen atoms in total. The van der Waals surface area contributed by atoms with Crippen LogP contribution in [0.4, 0.5) is 0 Å². The van der Waals surface area contributed by atoms with E-state index < -0.39 is 0 Å². The molecule has 0 spiro atoms. The van der Waals surface area contributed by atoms with Crippen molar-refractivity contribution < 1.29 is 0 Å². The second-order valence-electron chi connectivity index (χ2n) is 3.82. The molecule has 2 heterocycles. The molecule has 0 N–H and O–H groups in total. The molecule has 4 heteroatoms. The molecule has 0 aliphatic carbocycles. The normalized spacial score (nSPS) is 11.7. The molecule has 0 atom stereocenters. The van der Waals surface area contributed by atoms with Gasteiger partial charge in [0.25, 0.3) is 0 Å². The average Bonchev–Trinajstić information content (AvgIpc) is 2.73. The summed E-state index contributed by atoms with van der Waals surface area (Å²) in [7, 11) is 0. The lowest BCUT2D eigenvalue weighted by atomic mass is 10.1. The summed E-state index contributed by atoms with van der Waals surface area (Å²) in [6, 6.07) is 4.33. The number of thiazole rings is 1. The topological polar surface area (TPSA) is 30.2 Å². The number of fused-ring (bicyclic) bond motifs is 3. The van der Waals surface area contributed by atoms with Crippen LogP contribution in [0.25, 0.3) is 15.2 Å². The van der Waals surface area contributed by atoms with E-state index in [4.69, 9.17) is 0 Å². The third kappa shape index (κ3) is 1.05. The first kappa shape index (κ1) is 8.85. The lowest BCUT2D eigenvalue weighted by Crippen LogP contribution is -1.89. The van der Waals surface area contributed by atoms with Crippen molar-refractivity contribution in [1.82, 2.24) is 14.6 Å². The second-order valence-corrected chi connectivity index (χ2v) is 4.83. The standard InChI is InChI=1S/C11H11N3S/c1-6-4-5-9-10(7(6)2)14-8(3)12-13-11(14)15-9/h4-5H,1-3H3. The number of benzene rings is 1. The minimum absolute atomic E-state index is 0.963. The van der Waals surface area contributed by atoms with Gasteiger partial charge in [-0.25, -0.2) is 0 Å². The van der Waals surface area contributed by atoms with Crippen molar-refractivity contribution in [2.75, 3.05) is 0 Å². The van der Waals surface area contributed by atoms with E-state index in [0.29, 0.717) is 0 Å². The van der Waals surface area contributed by atoms with Gasteiger partial charge < -0.3 is 0 Å². The summed E-state index contributed by atoms with van der Waals surface area (Å²) >= 11 is 1.69. The van der Waals surface area contributed by atoms with Gasteiger partial charge in [0.05, 0.1) is 10.2 Å². The van der Waals surface area contributed by atoms with Crippen molar-refractivity contribution in [2.45, 2.75) is 20.8 Å². The second kappa shape index (κ2) is 2.79. The highest BCUT2D eigenvalue weighted by Crippen LogP contribution is 2.29. The third-order valence-corrected chi connectivity index (χ3v) is 3.88. The Bertz CT molecular complexity index is 663. The molecule has 3 aromatic rings. The van der Waals surface area contributed by atoms with Gasteiger partial charge in [-0.3, -0.25) is 4.40 Å². The molecule has 3 rings (SSSR count). The van der Waals surface area contributed by atoms with Gasteiger partial charge in [0.1, 0.15) is 5.82 Å². The molecule has 0 unspecified atom stereocenters. The maximum atomic E-state index is 4.16. The average molecular weight is 217 g/mol. The van der Waals surface area contributed by atoms with Gasteiger partial charge in [-0.2, -0.15) is 0 Å². The zero-order valence-electron chi connectivity index (χ0n) is 8.90. The van der Waals surface area contributed by atoms with E-state index in [-0.39, 0.29) is 0 Å². The molecule has 0 amide bonds. The highest BCUT2D eigenvalue weighted by atomic mass is 32.1. The van der Waals surface area contributed by atoms with Crippen LogP contribution in [0.5, 0.6) is 0 Å². The van der Waals surface area contributed by atoms with Crippen LogP contribution >= 0.6 is 11.3 Å². The summed E-state index contributed by atoms with van der Waals surface area (Å²) in [5, 5.41) is 8.26. The Morgan fingerprint density at radius 2 is 1.93 bits per heavy atom. The van der Waals surface area contributed by atoms with E-state index in [1.165, 1.54) is 21.3 Å². The molecule has 0 saturated carbocycles. The van der Waals surface area contributed by atoms with Crippen LogP contribution in [0.15, 0.2) is 12.1 Å². The quantitative estimate of drug-likeness (QED) is 0.579. The van der Waals surface area contributed by atoms with Crippen molar-refractivity contribution in [1.29, 1.82) is 0 Å². The summed E-state index contributed by atoms with van der Waals surface area (Å²) < 4.78 is 3.42. The van der Waals surface area contributed by atoms with Gasteiger partial charge in [0.2, 0.25) is 4.96 Å². The zero-order valence-corrected chi connectivity index (χ0v) is 9.72. The lowest BCUT2D eigenvalue weighted by molar-refractivity contribution is 1.02. The van der Waals surface area contributed by atoms with E-state index in [0.717, 1.165) is 10.8 Å². The highest BCUT2D eigenvalue weighted by molar-refractivity contribution is 7.23. The summed E-state index contributed by atoms with van der Waals surface area (Å²) in [5.74, 6) is 0.963. The van der Waals surface area contributed by atoms with Gasteiger partial charge in [-0.05, 0) is 38.0 Å². The first-order valence-corrected chi connectivity index (χ1v) is 5.70. The molecule has 15 heavy (non-hydrogen) atoms. The Labute approximate surface area is 91.4 Å². The Kier molecular flexibility index (Phi) is 1.65. The molecule has 0 radical (unpaired) electrons. The molecule has 0 saturated heterocycles. The number of aromatic nitrogens is 3. The minimum atomic E-state index is 0.963. The predicted molar refractivity (Wildman–Crippen MR) is 62.6 cm³/mol. The Morgan fingerprint density at radius 3 is 2.73 bits per heavy atom. The van der Waals surface area contributed by atoms with Gasteiger partial charge in [-0.1, -0.05) is 17.4 Å². The molecule has 0 fully saturated rings. The Hall–Kier alpha value is -1.42. The number of nitrogens with zero attached hydrogens (tertiary/aromatic N) is 3. The minimum Gasteiger partial charge on any atom is -0.269 e. The van der Waals surface area contributed by atoms with Gasteiger partial charge in [0, 0.05) is 0 Å². The van der Waals surface area contributed by atoms with Crippen molar-refractivity contribution in [3.8, 4) is 0 Å². The first-order valence-electron chi connectivity index (χ1n) is 4.89. The van der Waals surface area contributed by atoms with Crippen LogP contribution in [0, 0.1) is 20.8 Å². The Morgan fingerprint density at radius 1 is 1.13 bits per heavy atom. The van der Waals surface area contributed by atoms with Crippen LogP contribution < -0.4 is 0 Å². The molecule has 0 aliphatic heterocycles. The van der Waals surface area contributed by atoms with Crippen LogP contribution in [0.3, 0.4) is 0 Å². The van der Waals surface area contributed by atoms with E-state index in [2.05, 4.69) is 40.6 Å². The maximum Gasteiger partial charge on any atom is 0.217 e. The first-order chi connectivity index (χ1) is 7.18.